The van der Waals surface area contributed by atoms with Crippen molar-refractivity contribution in [3.63, 3.8) is 0 Å². The monoisotopic (exact) mass is 294 g/mol. The second kappa shape index (κ2) is 10.2. The van der Waals surface area contributed by atoms with Gasteiger partial charge in [0.05, 0.1) is 5.92 Å². The third-order valence-electron chi connectivity index (χ3n) is 5.27. The molecule has 2 aliphatic carbocycles. The zero-order valence-electron chi connectivity index (χ0n) is 13.8. The summed E-state index contributed by atoms with van der Waals surface area (Å²) in [5.74, 6) is 0.326. The fraction of sp³-hybridized carbons (Fsp3) is 0.947. The first-order valence-electron chi connectivity index (χ1n) is 9.57. The quantitative estimate of drug-likeness (QED) is 0.603. The molecule has 2 nitrogen and oxygen atoms in total. The SMILES string of the molecule is O=C(OC1CCCCCCCCCCC1)C1CCCCC1. The van der Waals surface area contributed by atoms with E-state index >= 15 is 0 Å². The minimum atomic E-state index is 0.117. The minimum Gasteiger partial charge on any atom is -0.462 e. The lowest BCUT2D eigenvalue weighted by atomic mass is 9.89. The summed E-state index contributed by atoms with van der Waals surface area (Å²) < 4.78 is 5.90. The van der Waals surface area contributed by atoms with Gasteiger partial charge in [-0.25, -0.2) is 0 Å². The zero-order valence-corrected chi connectivity index (χ0v) is 13.8. The van der Waals surface area contributed by atoms with Crippen LogP contribution in [-0.2, 0) is 9.53 Å². The van der Waals surface area contributed by atoms with Crippen molar-refractivity contribution in [1.82, 2.24) is 0 Å². The second-order valence-corrected chi connectivity index (χ2v) is 7.15. The Labute approximate surface area is 131 Å². The summed E-state index contributed by atoms with van der Waals surface area (Å²) in [6.45, 7) is 0. The van der Waals surface area contributed by atoms with Crippen LogP contribution in [0.25, 0.3) is 0 Å². The van der Waals surface area contributed by atoms with Crippen LogP contribution in [0.15, 0.2) is 0 Å². The van der Waals surface area contributed by atoms with E-state index in [9.17, 15) is 4.79 Å². The molecular weight excluding hydrogens is 260 g/mol. The van der Waals surface area contributed by atoms with Crippen molar-refractivity contribution >= 4 is 5.97 Å². The van der Waals surface area contributed by atoms with Crippen LogP contribution in [0.4, 0.5) is 0 Å². The van der Waals surface area contributed by atoms with Gasteiger partial charge in [-0.05, 0) is 38.5 Å². The van der Waals surface area contributed by atoms with Gasteiger partial charge in [0.25, 0.3) is 0 Å². The topological polar surface area (TPSA) is 26.3 Å². The summed E-state index contributed by atoms with van der Waals surface area (Å²) in [6, 6.07) is 0. The van der Waals surface area contributed by atoms with Crippen molar-refractivity contribution in [1.29, 1.82) is 0 Å². The molecule has 2 heteroatoms. The third-order valence-corrected chi connectivity index (χ3v) is 5.27. The van der Waals surface area contributed by atoms with Gasteiger partial charge in [0.15, 0.2) is 0 Å². The maximum Gasteiger partial charge on any atom is 0.309 e. The average molecular weight is 294 g/mol. The predicted molar refractivity (Wildman–Crippen MR) is 87.2 cm³/mol. The minimum absolute atomic E-state index is 0.117. The van der Waals surface area contributed by atoms with E-state index in [-0.39, 0.29) is 18.0 Å². The Morgan fingerprint density at radius 3 is 1.48 bits per heavy atom. The zero-order chi connectivity index (χ0) is 14.8. The van der Waals surface area contributed by atoms with E-state index in [0.717, 1.165) is 25.7 Å². The molecule has 0 aromatic heterocycles. The molecule has 21 heavy (non-hydrogen) atoms. The number of esters is 1. The van der Waals surface area contributed by atoms with Crippen molar-refractivity contribution in [3.8, 4) is 0 Å². The van der Waals surface area contributed by atoms with E-state index in [0.29, 0.717) is 0 Å². The molecule has 0 atom stereocenters. The van der Waals surface area contributed by atoms with Crippen molar-refractivity contribution in [2.45, 2.75) is 109 Å². The molecule has 2 rings (SSSR count). The highest BCUT2D eigenvalue weighted by Crippen LogP contribution is 2.26. The lowest BCUT2D eigenvalue weighted by Crippen LogP contribution is -2.26. The van der Waals surface area contributed by atoms with Crippen LogP contribution in [-0.4, -0.2) is 12.1 Å². The van der Waals surface area contributed by atoms with Crippen LogP contribution in [0.3, 0.4) is 0 Å². The first kappa shape index (κ1) is 16.8. The van der Waals surface area contributed by atoms with Gasteiger partial charge in [-0.2, -0.15) is 0 Å². The molecule has 0 aromatic rings. The molecule has 122 valence electrons. The number of hydrogen-bond donors (Lipinski definition) is 0. The van der Waals surface area contributed by atoms with Gasteiger partial charge in [-0.1, -0.05) is 64.2 Å². The van der Waals surface area contributed by atoms with Gasteiger partial charge in [0.1, 0.15) is 6.10 Å². The van der Waals surface area contributed by atoms with E-state index in [1.54, 1.807) is 0 Å². The Balaban J connectivity index is 1.75. The molecule has 0 aromatic carbocycles. The summed E-state index contributed by atoms with van der Waals surface area (Å²) >= 11 is 0. The highest BCUT2D eigenvalue weighted by atomic mass is 16.5. The number of carbonyl (C=O) groups is 1. The highest BCUT2D eigenvalue weighted by Gasteiger charge is 2.25. The fourth-order valence-corrected chi connectivity index (χ4v) is 3.84. The van der Waals surface area contributed by atoms with Crippen LogP contribution < -0.4 is 0 Å². The number of ether oxygens (including phenoxy) is 1. The Kier molecular flexibility index (Phi) is 8.21. The second-order valence-electron chi connectivity index (χ2n) is 7.15. The Morgan fingerprint density at radius 2 is 0.952 bits per heavy atom. The van der Waals surface area contributed by atoms with Crippen LogP contribution in [0, 0.1) is 5.92 Å². The van der Waals surface area contributed by atoms with Crippen LogP contribution in [0.5, 0.6) is 0 Å². The molecule has 2 saturated carbocycles. The summed E-state index contributed by atoms with van der Waals surface area (Å²) in [4.78, 5) is 12.3. The average Bonchev–Trinajstić information content (AvgIpc) is 2.51. The Bertz CT molecular complexity index is 269. The standard InChI is InChI=1S/C19H34O2/c20-19(17-13-9-8-10-14-17)21-18-15-11-6-4-2-1-3-5-7-12-16-18/h17-18H,1-16H2. The summed E-state index contributed by atoms with van der Waals surface area (Å²) in [5, 5.41) is 0. The summed E-state index contributed by atoms with van der Waals surface area (Å²) in [5.41, 5.74) is 0. The molecule has 2 fully saturated rings. The van der Waals surface area contributed by atoms with Crippen molar-refractivity contribution < 1.29 is 9.53 Å². The summed E-state index contributed by atoms with van der Waals surface area (Å²) in [6.07, 6.45) is 20.3. The van der Waals surface area contributed by atoms with Gasteiger partial charge in [0, 0.05) is 0 Å². The van der Waals surface area contributed by atoms with E-state index in [1.165, 1.54) is 77.0 Å². The smallest absolute Gasteiger partial charge is 0.309 e. The number of carbonyl (C=O) groups excluding carboxylic acids is 1. The third kappa shape index (κ3) is 6.84. The van der Waals surface area contributed by atoms with Crippen LogP contribution in [0.2, 0.25) is 0 Å². The van der Waals surface area contributed by atoms with Crippen LogP contribution in [0.1, 0.15) is 103 Å². The molecule has 0 aliphatic heterocycles. The van der Waals surface area contributed by atoms with Crippen LogP contribution >= 0.6 is 0 Å². The predicted octanol–water partition coefficient (Wildman–Crippen LogP) is 5.78. The first-order chi connectivity index (χ1) is 10.4. The van der Waals surface area contributed by atoms with Gasteiger partial charge in [-0.15, -0.1) is 0 Å². The molecule has 0 amide bonds. The molecule has 0 radical (unpaired) electrons. The molecule has 0 heterocycles. The lowest BCUT2D eigenvalue weighted by Gasteiger charge is -2.24. The fourth-order valence-electron chi connectivity index (χ4n) is 3.84. The number of hydrogen-bond acceptors (Lipinski definition) is 2. The van der Waals surface area contributed by atoms with Gasteiger partial charge in [-0.3, -0.25) is 4.79 Å². The normalized spacial score (nSPS) is 24.8. The highest BCUT2D eigenvalue weighted by molar-refractivity contribution is 5.72. The first-order valence-corrected chi connectivity index (χ1v) is 9.57. The van der Waals surface area contributed by atoms with E-state index in [4.69, 9.17) is 4.74 Å². The Hall–Kier alpha value is -0.530. The van der Waals surface area contributed by atoms with E-state index in [2.05, 4.69) is 0 Å². The largest absolute Gasteiger partial charge is 0.462 e. The summed E-state index contributed by atoms with van der Waals surface area (Å²) in [7, 11) is 0. The number of rotatable bonds is 2. The van der Waals surface area contributed by atoms with Crippen molar-refractivity contribution in [2.75, 3.05) is 0 Å². The lowest BCUT2D eigenvalue weighted by molar-refractivity contribution is -0.156. The molecular formula is C19H34O2. The van der Waals surface area contributed by atoms with E-state index < -0.39 is 0 Å². The van der Waals surface area contributed by atoms with E-state index in [1.807, 2.05) is 0 Å². The van der Waals surface area contributed by atoms with Gasteiger partial charge < -0.3 is 4.74 Å². The van der Waals surface area contributed by atoms with Crippen molar-refractivity contribution in [3.05, 3.63) is 0 Å². The van der Waals surface area contributed by atoms with Gasteiger partial charge in [0.2, 0.25) is 0 Å². The maximum atomic E-state index is 12.3. The molecule has 2 aliphatic rings. The molecule has 0 unspecified atom stereocenters. The molecule has 0 N–H and O–H groups in total. The molecule has 0 saturated heterocycles. The molecule has 0 spiro atoms. The Morgan fingerprint density at radius 1 is 0.571 bits per heavy atom. The van der Waals surface area contributed by atoms with Gasteiger partial charge >= 0.3 is 5.97 Å². The molecule has 0 bridgehead atoms. The maximum absolute atomic E-state index is 12.3. The van der Waals surface area contributed by atoms with Crippen molar-refractivity contribution in [2.24, 2.45) is 5.92 Å².